The van der Waals surface area contributed by atoms with E-state index in [4.69, 9.17) is 4.79 Å². The lowest BCUT2D eigenvalue weighted by Crippen LogP contribution is -2.13. The van der Waals surface area contributed by atoms with Crippen LogP contribution in [0.4, 0.5) is 0 Å². The molecule has 19 heavy (non-hydrogen) atoms. The second kappa shape index (κ2) is 11.0. The van der Waals surface area contributed by atoms with Crippen LogP contribution in [0.15, 0.2) is 11.6 Å². The van der Waals surface area contributed by atoms with Gasteiger partial charge in [-0.3, -0.25) is 4.79 Å². The molecule has 0 bridgehead atoms. The number of aliphatic hydroxyl groups is 1. The summed E-state index contributed by atoms with van der Waals surface area (Å²) in [6.07, 6.45) is 8.71. The van der Waals surface area contributed by atoms with Gasteiger partial charge < -0.3 is 9.84 Å². The third kappa shape index (κ3) is 7.36. The Kier molecular flexibility index (Phi) is 10.6. The Bertz CT molecular complexity index is 257. The lowest BCUT2D eigenvalue weighted by molar-refractivity contribution is -0.126. The van der Waals surface area contributed by atoms with Gasteiger partial charge in [0.15, 0.2) is 0 Å². The molecule has 0 radical (unpaired) electrons. The van der Waals surface area contributed by atoms with Crippen LogP contribution < -0.4 is 0 Å². The number of ether oxygens (including phenoxy) is 1. The topological polar surface area (TPSA) is 46.5 Å². The molecule has 0 aromatic heterocycles. The lowest BCUT2D eigenvalue weighted by Gasteiger charge is -2.19. The molecule has 1 aliphatic carbocycles. The molecule has 0 aromatic rings. The summed E-state index contributed by atoms with van der Waals surface area (Å²) in [6, 6.07) is 0. The molecule has 1 N–H and O–H groups in total. The van der Waals surface area contributed by atoms with E-state index in [0.29, 0.717) is 24.9 Å². The SMILES string of the molecule is CCC(CC)CCC1C=C(C)C[C@H]1CO.COC=O. The minimum absolute atomic E-state index is 0.363. The molecule has 1 rings (SSSR count). The summed E-state index contributed by atoms with van der Waals surface area (Å²) >= 11 is 0. The number of methoxy groups -OCH3 is 1. The van der Waals surface area contributed by atoms with Gasteiger partial charge in [-0.15, -0.1) is 0 Å². The quantitative estimate of drug-likeness (QED) is 0.568. The molecule has 0 aromatic carbocycles. The van der Waals surface area contributed by atoms with Gasteiger partial charge in [0.25, 0.3) is 6.47 Å². The van der Waals surface area contributed by atoms with Crippen LogP contribution >= 0.6 is 0 Å². The first kappa shape index (κ1) is 18.2. The fourth-order valence-corrected chi connectivity index (χ4v) is 2.78. The Morgan fingerprint density at radius 3 is 2.47 bits per heavy atom. The average Bonchev–Trinajstić information content (AvgIpc) is 2.80. The van der Waals surface area contributed by atoms with Crippen molar-refractivity contribution in [2.45, 2.75) is 52.9 Å². The first-order valence-corrected chi connectivity index (χ1v) is 7.37. The van der Waals surface area contributed by atoms with Gasteiger partial charge in [0, 0.05) is 6.61 Å². The van der Waals surface area contributed by atoms with E-state index in [0.717, 1.165) is 12.3 Å². The molecule has 0 saturated heterocycles. The smallest absolute Gasteiger partial charge is 0.292 e. The van der Waals surface area contributed by atoms with Crippen LogP contribution in [0, 0.1) is 17.8 Å². The molecule has 0 spiro atoms. The summed E-state index contributed by atoms with van der Waals surface area (Å²) in [4.78, 5) is 8.95. The maximum absolute atomic E-state index is 9.30. The second-order valence-corrected chi connectivity index (χ2v) is 5.42. The van der Waals surface area contributed by atoms with Gasteiger partial charge in [0.05, 0.1) is 7.11 Å². The number of hydrogen-bond acceptors (Lipinski definition) is 3. The summed E-state index contributed by atoms with van der Waals surface area (Å²) in [5.74, 6) is 2.05. The van der Waals surface area contributed by atoms with Crippen molar-refractivity contribution in [1.82, 2.24) is 0 Å². The second-order valence-electron chi connectivity index (χ2n) is 5.42. The largest absolute Gasteiger partial charge is 0.471 e. The van der Waals surface area contributed by atoms with E-state index in [-0.39, 0.29) is 0 Å². The first-order valence-electron chi connectivity index (χ1n) is 7.37. The molecule has 0 saturated carbocycles. The molecular formula is C16H30O3. The highest BCUT2D eigenvalue weighted by molar-refractivity contribution is 5.36. The average molecular weight is 270 g/mol. The van der Waals surface area contributed by atoms with Crippen molar-refractivity contribution in [3.05, 3.63) is 11.6 Å². The molecule has 0 aliphatic heterocycles. The molecule has 0 fully saturated rings. The van der Waals surface area contributed by atoms with Gasteiger partial charge in [-0.05, 0) is 43.9 Å². The van der Waals surface area contributed by atoms with Gasteiger partial charge in [-0.2, -0.15) is 0 Å². The third-order valence-electron chi connectivity index (χ3n) is 4.08. The van der Waals surface area contributed by atoms with Gasteiger partial charge in [-0.1, -0.05) is 38.3 Å². The Morgan fingerprint density at radius 1 is 1.47 bits per heavy atom. The highest BCUT2D eigenvalue weighted by atomic mass is 16.5. The minimum atomic E-state index is 0.363. The lowest BCUT2D eigenvalue weighted by atomic mass is 9.87. The summed E-state index contributed by atoms with van der Waals surface area (Å²) in [5.41, 5.74) is 1.48. The van der Waals surface area contributed by atoms with E-state index in [1.54, 1.807) is 0 Å². The number of carbonyl (C=O) groups is 1. The predicted octanol–water partition coefficient (Wildman–Crippen LogP) is 3.57. The zero-order valence-electron chi connectivity index (χ0n) is 12.9. The van der Waals surface area contributed by atoms with Crippen molar-refractivity contribution in [2.75, 3.05) is 13.7 Å². The molecule has 0 amide bonds. The number of aliphatic hydroxyl groups excluding tert-OH is 1. The minimum Gasteiger partial charge on any atom is -0.471 e. The Labute approximate surface area is 118 Å². The Morgan fingerprint density at radius 2 is 2.05 bits per heavy atom. The molecule has 112 valence electrons. The van der Waals surface area contributed by atoms with Crippen molar-refractivity contribution in [3.8, 4) is 0 Å². The van der Waals surface area contributed by atoms with Crippen LogP contribution in [0.2, 0.25) is 0 Å². The van der Waals surface area contributed by atoms with Crippen LogP contribution in [-0.2, 0) is 9.53 Å². The highest BCUT2D eigenvalue weighted by Gasteiger charge is 2.25. The van der Waals surface area contributed by atoms with Crippen molar-refractivity contribution < 1.29 is 14.6 Å². The van der Waals surface area contributed by atoms with Crippen molar-refractivity contribution in [1.29, 1.82) is 0 Å². The fraction of sp³-hybridized carbons (Fsp3) is 0.812. The molecule has 3 heteroatoms. The van der Waals surface area contributed by atoms with Gasteiger partial charge in [-0.25, -0.2) is 0 Å². The van der Waals surface area contributed by atoms with E-state index in [2.05, 4.69) is 31.6 Å². The number of allylic oxidation sites excluding steroid dienone is 2. The van der Waals surface area contributed by atoms with Crippen LogP contribution in [0.25, 0.3) is 0 Å². The zero-order valence-corrected chi connectivity index (χ0v) is 12.9. The van der Waals surface area contributed by atoms with E-state index in [1.807, 2.05) is 0 Å². The Balaban J connectivity index is 0.000000711. The summed E-state index contributed by atoms with van der Waals surface area (Å²) in [5, 5.41) is 9.30. The standard InChI is InChI=1S/C14H26O.C2H4O2/c1-4-12(5-2)6-7-13-8-11(3)9-14(13)10-15;1-4-2-3/h8,12-15H,4-7,9-10H2,1-3H3;2H,1H3/t13?,14-;/m0./s1. The fourth-order valence-electron chi connectivity index (χ4n) is 2.78. The van der Waals surface area contributed by atoms with Gasteiger partial charge >= 0.3 is 0 Å². The predicted molar refractivity (Wildman–Crippen MR) is 78.8 cm³/mol. The molecule has 3 nitrogen and oxygen atoms in total. The maximum atomic E-state index is 9.30. The summed E-state index contributed by atoms with van der Waals surface area (Å²) in [6.45, 7) is 7.50. The van der Waals surface area contributed by atoms with E-state index >= 15 is 0 Å². The number of rotatable bonds is 7. The maximum Gasteiger partial charge on any atom is 0.292 e. The first-order chi connectivity index (χ1) is 9.12. The molecule has 1 unspecified atom stereocenters. The molecule has 1 aliphatic rings. The molecular weight excluding hydrogens is 240 g/mol. The van der Waals surface area contributed by atoms with Crippen LogP contribution in [0.1, 0.15) is 52.9 Å². The van der Waals surface area contributed by atoms with E-state index in [9.17, 15) is 5.11 Å². The third-order valence-corrected chi connectivity index (χ3v) is 4.08. The van der Waals surface area contributed by atoms with Crippen LogP contribution in [0.5, 0.6) is 0 Å². The molecule has 2 atom stereocenters. The monoisotopic (exact) mass is 270 g/mol. The van der Waals surface area contributed by atoms with Crippen molar-refractivity contribution >= 4 is 6.47 Å². The number of carbonyl (C=O) groups excluding carboxylic acids is 1. The van der Waals surface area contributed by atoms with Crippen molar-refractivity contribution in [2.24, 2.45) is 17.8 Å². The summed E-state index contributed by atoms with van der Waals surface area (Å²) in [7, 11) is 1.31. The molecule has 0 heterocycles. The highest BCUT2D eigenvalue weighted by Crippen LogP contribution is 2.34. The van der Waals surface area contributed by atoms with E-state index < -0.39 is 0 Å². The Hall–Kier alpha value is -0.830. The zero-order chi connectivity index (χ0) is 14.7. The van der Waals surface area contributed by atoms with Crippen LogP contribution in [-0.4, -0.2) is 25.3 Å². The van der Waals surface area contributed by atoms with E-state index in [1.165, 1.54) is 38.4 Å². The van der Waals surface area contributed by atoms with Crippen LogP contribution in [0.3, 0.4) is 0 Å². The van der Waals surface area contributed by atoms with Gasteiger partial charge in [0.1, 0.15) is 0 Å². The normalized spacial score (nSPS) is 21.7. The number of hydrogen-bond donors (Lipinski definition) is 1. The summed E-state index contributed by atoms with van der Waals surface area (Å²) < 4.78 is 3.86. The van der Waals surface area contributed by atoms with Gasteiger partial charge in [0.2, 0.25) is 0 Å². The van der Waals surface area contributed by atoms with Crippen molar-refractivity contribution in [3.63, 3.8) is 0 Å².